The third-order valence-electron chi connectivity index (χ3n) is 5.60. The minimum Gasteiger partial charge on any atom is -0.361 e. The molecule has 0 bridgehead atoms. The molecule has 2 radical (unpaired) electrons. The Morgan fingerprint density at radius 1 is 1.20 bits per heavy atom. The summed E-state index contributed by atoms with van der Waals surface area (Å²) in [5.41, 5.74) is 0.644. The van der Waals surface area contributed by atoms with Crippen LogP contribution in [0.3, 0.4) is 0 Å². The smallest absolute Gasteiger partial charge is 0.330 e. The number of hydrogen-bond acceptors (Lipinski definition) is 5. The van der Waals surface area contributed by atoms with E-state index in [0.29, 0.717) is 13.1 Å². The van der Waals surface area contributed by atoms with Crippen molar-refractivity contribution in [1.82, 2.24) is 15.5 Å². The summed E-state index contributed by atoms with van der Waals surface area (Å²) in [4.78, 5) is 41.1. The summed E-state index contributed by atoms with van der Waals surface area (Å²) in [5.74, 6) is -0.951. The molecule has 4 rings (SSSR count). The van der Waals surface area contributed by atoms with E-state index in [1.807, 2.05) is 31.2 Å². The number of fused-ring (bicyclic) bond motifs is 4. The predicted molar refractivity (Wildman–Crippen MR) is 90.7 cm³/mol. The number of carbonyl (C=O) groups is 3. The van der Waals surface area contributed by atoms with Crippen LogP contribution in [0.2, 0.25) is 0 Å². The zero-order valence-corrected chi connectivity index (χ0v) is 14.2. The zero-order chi connectivity index (χ0) is 17.8. The van der Waals surface area contributed by atoms with Crippen LogP contribution in [0.4, 0.5) is 10.5 Å². The van der Waals surface area contributed by atoms with Crippen molar-refractivity contribution in [2.45, 2.75) is 25.4 Å². The van der Waals surface area contributed by atoms with Gasteiger partial charge in [0.1, 0.15) is 0 Å². The number of barbiturate groups is 1. The Morgan fingerprint density at radius 3 is 2.72 bits per heavy atom. The molecule has 0 aliphatic carbocycles. The van der Waals surface area contributed by atoms with E-state index in [-0.39, 0.29) is 18.5 Å². The van der Waals surface area contributed by atoms with Gasteiger partial charge in [0.25, 0.3) is 0 Å². The number of hydrogen-bond donors (Lipinski definition) is 2. The van der Waals surface area contributed by atoms with E-state index < -0.39 is 23.3 Å². The quantitative estimate of drug-likeness (QED) is 0.713. The lowest BCUT2D eigenvalue weighted by atomic mass is 9.67. The number of carbonyl (C=O) groups excluding carboxylic acids is 3. The van der Waals surface area contributed by atoms with E-state index in [1.54, 1.807) is 0 Å². The number of benzene rings is 1. The molecule has 25 heavy (non-hydrogen) atoms. The third-order valence-corrected chi connectivity index (χ3v) is 5.60. The van der Waals surface area contributed by atoms with Crippen LogP contribution < -0.4 is 15.5 Å². The van der Waals surface area contributed by atoms with Crippen molar-refractivity contribution < 1.29 is 14.4 Å². The average molecular weight is 340 g/mol. The van der Waals surface area contributed by atoms with Gasteiger partial charge in [-0.15, -0.1) is 0 Å². The molecule has 2 N–H and O–H groups in total. The van der Waals surface area contributed by atoms with Crippen LogP contribution in [0.25, 0.3) is 0 Å². The van der Waals surface area contributed by atoms with Gasteiger partial charge < -0.3 is 10.2 Å². The average Bonchev–Trinajstić information content (AvgIpc) is 2.64. The van der Waals surface area contributed by atoms with Gasteiger partial charge in [0.05, 0.1) is 6.04 Å². The summed E-state index contributed by atoms with van der Waals surface area (Å²) >= 11 is 0. The molecule has 3 atom stereocenters. The maximum absolute atomic E-state index is 13.2. The lowest BCUT2D eigenvalue weighted by Gasteiger charge is -2.55. The van der Waals surface area contributed by atoms with Crippen molar-refractivity contribution in [3.8, 4) is 0 Å². The highest BCUT2D eigenvalue weighted by Crippen LogP contribution is 2.45. The Labute approximate surface area is 146 Å². The number of imide groups is 2. The van der Waals surface area contributed by atoms with Crippen LogP contribution in [0.1, 0.15) is 12.5 Å². The number of rotatable bonds is 1. The lowest BCUT2D eigenvalue weighted by molar-refractivity contribution is -0.153. The summed E-state index contributed by atoms with van der Waals surface area (Å²) in [7, 11) is 1.42. The summed E-state index contributed by atoms with van der Waals surface area (Å²) < 4.78 is 0. The summed E-state index contributed by atoms with van der Waals surface area (Å²) in [6, 6.07) is 6.73. The standard InChI is InChI=1S/C18H20N4O3/c1-3-12-9-19-10-14-18(15(23)20-17(25)21(2)16(18)24)8-11-6-4-5-7-13(11)22(12)14/h4-7,12,14,19H,8-10H2,1-2H3,(H,20,23,25). The SMILES string of the molecule is C[C]C1CNCC2N1c1ccccc1CC21C(=O)NC(=O)N(C)C1=O. The monoisotopic (exact) mass is 340 g/mol. The number of urea groups is 1. The number of anilines is 1. The van der Waals surface area contributed by atoms with Crippen LogP contribution in [0.5, 0.6) is 0 Å². The van der Waals surface area contributed by atoms with Gasteiger partial charge in [-0.2, -0.15) is 0 Å². The fourth-order valence-corrected chi connectivity index (χ4v) is 4.32. The molecule has 3 aliphatic heterocycles. The molecule has 2 saturated heterocycles. The van der Waals surface area contributed by atoms with E-state index in [1.165, 1.54) is 7.05 Å². The fraction of sp³-hybridized carbons (Fsp3) is 0.444. The Hall–Kier alpha value is -2.41. The highest BCUT2D eigenvalue weighted by atomic mass is 16.2. The molecule has 130 valence electrons. The second-order valence-corrected chi connectivity index (χ2v) is 6.79. The molecule has 0 aromatic heterocycles. The van der Waals surface area contributed by atoms with Crippen LogP contribution in [-0.2, 0) is 16.0 Å². The van der Waals surface area contributed by atoms with Crippen molar-refractivity contribution in [2.24, 2.45) is 5.41 Å². The van der Waals surface area contributed by atoms with E-state index in [0.717, 1.165) is 16.2 Å². The maximum atomic E-state index is 13.2. The van der Waals surface area contributed by atoms with Crippen molar-refractivity contribution in [3.63, 3.8) is 0 Å². The van der Waals surface area contributed by atoms with Gasteiger partial charge in [-0.3, -0.25) is 19.8 Å². The topological polar surface area (TPSA) is 81.8 Å². The molecule has 1 aromatic carbocycles. The minimum absolute atomic E-state index is 0.0550. The minimum atomic E-state index is -1.32. The first-order chi connectivity index (χ1) is 12.0. The first kappa shape index (κ1) is 16.1. The van der Waals surface area contributed by atoms with Gasteiger partial charge in [0, 0.05) is 38.3 Å². The van der Waals surface area contributed by atoms with Crippen molar-refractivity contribution in [1.29, 1.82) is 0 Å². The molecule has 1 aromatic rings. The first-order valence-electron chi connectivity index (χ1n) is 8.38. The maximum Gasteiger partial charge on any atom is 0.330 e. The number of amides is 4. The second kappa shape index (κ2) is 5.56. The van der Waals surface area contributed by atoms with Crippen LogP contribution >= 0.6 is 0 Å². The van der Waals surface area contributed by atoms with Gasteiger partial charge in [-0.05, 0) is 18.1 Å². The molecule has 3 unspecified atom stereocenters. The Bertz CT molecular complexity index is 764. The molecular formula is C18H20N4O3. The molecule has 3 heterocycles. The van der Waals surface area contributed by atoms with Gasteiger partial charge in [-0.1, -0.05) is 25.1 Å². The fourth-order valence-electron chi connectivity index (χ4n) is 4.32. The van der Waals surface area contributed by atoms with E-state index in [4.69, 9.17) is 0 Å². The molecule has 7 nitrogen and oxygen atoms in total. The molecule has 7 heteroatoms. The van der Waals surface area contributed by atoms with Crippen LogP contribution in [-0.4, -0.2) is 55.0 Å². The predicted octanol–water partition coefficient (Wildman–Crippen LogP) is 0.185. The zero-order valence-electron chi connectivity index (χ0n) is 14.2. The molecule has 4 amide bonds. The second-order valence-electron chi connectivity index (χ2n) is 6.79. The lowest BCUT2D eigenvalue weighted by Crippen LogP contribution is -2.76. The van der Waals surface area contributed by atoms with Gasteiger partial charge in [0.2, 0.25) is 11.8 Å². The van der Waals surface area contributed by atoms with Crippen molar-refractivity contribution in [3.05, 3.63) is 36.2 Å². The first-order valence-corrected chi connectivity index (χ1v) is 8.38. The number of piperazine rings is 1. The third kappa shape index (κ3) is 2.05. The number of nitrogens with one attached hydrogen (secondary N) is 2. The Balaban J connectivity index is 1.91. The Kier molecular flexibility index (Phi) is 3.57. The molecule has 1 spiro atoms. The van der Waals surface area contributed by atoms with Crippen molar-refractivity contribution >= 4 is 23.5 Å². The largest absolute Gasteiger partial charge is 0.361 e. The highest BCUT2D eigenvalue weighted by Gasteiger charge is 2.62. The van der Waals surface area contributed by atoms with Gasteiger partial charge in [-0.25, -0.2) is 4.79 Å². The number of para-hydroxylation sites is 1. The van der Waals surface area contributed by atoms with Crippen LogP contribution in [0.15, 0.2) is 24.3 Å². The Morgan fingerprint density at radius 2 is 1.96 bits per heavy atom. The molecule has 0 saturated carbocycles. The van der Waals surface area contributed by atoms with Crippen molar-refractivity contribution in [2.75, 3.05) is 25.0 Å². The van der Waals surface area contributed by atoms with E-state index in [9.17, 15) is 14.4 Å². The normalized spacial score (nSPS) is 31.7. The molecular weight excluding hydrogens is 320 g/mol. The van der Waals surface area contributed by atoms with Gasteiger partial charge >= 0.3 is 6.03 Å². The molecule has 3 aliphatic rings. The van der Waals surface area contributed by atoms with E-state index in [2.05, 4.69) is 22.0 Å². The summed E-state index contributed by atoms with van der Waals surface area (Å²) in [5, 5.41) is 5.68. The molecule has 2 fully saturated rings. The van der Waals surface area contributed by atoms with Crippen LogP contribution in [0, 0.1) is 11.8 Å². The number of nitrogens with zero attached hydrogens (tertiary/aromatic N) is 2. The summed E-state index contributed by atoms with van der Waals surface area (Å²) in [6.07, 6.45) is 3.54. The highest BCUT2D eigenvalue weighted by molar-refractivity contribution is 6.20. The van der Waals surface area contributed by atoms with E-state index >= 15 is 0 Å². The summed E-state index contributed by atoms with van der Waals surface area (Å²) in [6.45, 7) is 3.05. The van der Waals surface area contributed by atoms with Gasteiger partial charge in [0.15, 0.2) is 5.41 Å².